The Balaban J connectivity index is 1.65. The number of carbonyl (C=O) groups excluding carboxylic acids is 1. The van der Waals surface area contributed by atoms with Crippen LogP contribution in [0.2, 0.25) is 0 Å². The van der Waals surface area contributed by atoms with Crippen molar-refractivity contribution < 1.29 is 53.1 Å². The Bertz CT molecular complexity index is 1450. The van der Waals surface area contributed by atoms with Crippen LogP contribution in [0.4, 0.5) is 35.1 Å². The Kier molecular flexibility index (Phi) is 6.81. The topological polar surface area (TPSA) is 72.5 Å². The van der Waals surface area contributed by atoms with Gasteiger partial charge in [0.05, 0.1) is 23.5 Å². The fourth-order valence-corrected chi connectivity index (χ4v) is 8.91. The van der Waals surface area contributed by atoms with Gasteiger partial charge in [0, 0.05) is 17.5 Å². The van der Waals surface area contributed by atoms with Crippen LogP contribution in [-0.2, 0) is 36.2 Å². The summed E-state index contributed by atoms with van der Waals surface area (Å²) in [5.74, 6) is -1.93. The first-order valence-corrected chi connectivity index (χ1v) is 14.2. The molecular weight excluding hydrogens is 586 g/mol. The van der Waals surface area contributed by atoms with Gasteiger partial charge in [-0.3, -0.25) is 4.79 Å². The molecule has 41 heavy (non-hydrogen) atoms. The lowest BCUT2D eigenvalue weighted by atomic mass is 9.73. The molecule has 2 aromatic carbocycles. The highest BCUT2D eigenvalue weighted by molar-refractivity contribution is 7.92. The van der Waals surface area contributed by atoms with E-state index in [4.69, 9.17) is 4.74 Å². The van der Waals surface area contributed by atoms with Crippen LogP contribution < -0.4 is 5.32 Å². The van der Waals surface area contributed by atoms with Crippen LogP contribution in [-0.4, -0.2) is 45.9 Å². The van der Waals surface area contributed by atoms with Crippen LogP contribution in [0.1, 0.15) is 42.9 Å². The van der Waals surface area contributed by atoms with Gasteiger partial charge in [-0.1, -0.05) is 18.2 Å². The zero-order valence-electron chi connectivity index (χ0n) is 21.5. The summed E-state index contributed by atoms with van der Waals surface area (Å²) in [6.07, 6.45) is -12.9. The van der Waals surface area contributed by atoms with Gasteiger partial charge in [-0.25, -0.2) is 17.2 Å². The highest BCUT2D eigenvalue weighted by atomic mass is 32.2. The molecule has 1 aliphatic heterocycles. The SMILES string of the molecule is CC1(C(=O)N[C@@H]2CC[C@@]3(S(=O)(=O)c4ccc(F)cc4)c4ccc(C(F)(C(F)(F)F)C(F)(F)F)cc4CC[C@@H]23)COC1. The Morgan fingerprint density at radius 2 is 1.56 bits per heavy atom. The van der Waals surface area contributed by atoms with E-state index in [1.165, 1.54) is 0 Å². The molecule has 5 rings (SSSR count). The number of fused-ring (bicyclic) bond motifs is 3. The second kappa shape index (κ2) is 9.38. The van der Waals surface area contributed by atoms with Crippen LogP contribution in [0.15, 0.2) is 47.4 Å². The van der Waals surface area contributed by atoms with E-state index in [9.17, 15) is 48.3 Å². The highest BCUT2D eigenvalue weighted by Crippen LogP contribution is 2.59. The molecule has 0 bridgehead atoms. The fourth-order valence-electron chi connectivity index (χ4n) is 6.43. The molecule has 0 unspecified atom stereocenters. The lowest BCUT2D eigenvalue weighted by Crippen LogP contribution is -2.56. The normalized spacial score (nSPS) is 26.1. The minimum absolute atomic E-state index is 0.0354. The number of aryl methyl sites for hydroxylation is 1. The van der Waals surface area contributed by atoms with Gasteiger partial charge in [-0.2, -0.15) is 26.3 Å². The molecule has 3 aliphatic rings. The van der Waals surface area contributed by atoms with Crippen molar-refractivity contribution >= 4 is 15.7 Å². The van der Waals surface area contributed by atoms with E-state index in [1.807, 2.05) is 0 Å². The predicted octanol–water partition coefficient (Wildman–Crippen LogP) is 5.66. The molecule has 0 spiro atoms. The van der Waals surface area contributed by atoms with Crippen LogP contribution >= 0.6 is 0 Å². The van der Waals surface area contributed by atoms with Gasteiger partial charge in [0.25, 0.3) is 0 Å². The second-order valence-electron chi connectivity index (χ2n) is 11.2. The second-order valence-corrected chi connectivity index (χ2v) is 13.4. The number of halogens is 8. The summed E-state index contributed by atoms with van der Waals surface area (Å²) in [4.78, 5) is 12.7. The Morgan fingerprint density at radius 3 is 2.10 bits per heavy atom. The number of alkyl halides is 7. The molecular formula is C27H25F8NO4S. The zero-order chi connectivity index (χ0) is 30.2. The van der Waals surface area contributed by atoms with E-state index >= 15 is 0 Å². The molecule has 3 atom stereocenters. The number of hydrogen-bond donors (Lipinski definition) is 1. The summed E-state index contributed by atoms with van der Waals surface area (Å²) in [5, 5.41) is 2.88. The monoisotopic (exact) mass is 611 g/mol. The highest BCUT2D eigenvalue weighted by Gasteiger charge is 2.74. The maximum atomic E-state index is 14.9. The Morgan fingerprint density at radius 1 is 0.951 bits per heavy atom. The van der Waals surface area contributed by atoms with Crippen molar-refractivity contribution in [2.75, 3.05) is 13.2 Å². The lowest BCUT2D eigenvalue weighted by Gasteiger charge is -2.44. The van der Waals surface area contributed by atoms with E-state index < -0.39 is 61.4 Å². The summed E-state index contributed by atoms with van der Waals surface area (Å²) in [5.41, 5.74) is -8.46. The molecule has 2 fully saturated rings. The Hall–Kier alpha value is -2.74. The largest absolute Gasteiger partial charge is 0.435 e. The number of carbonyl (C=O) groups is 1. The smallest absolute Gasteiger partial charge is 0.379 e. The summed E-state index contributed by atoms with van der Waals surface area (Å²) in [7, 11) is -4.47. The summed E-state index contributed by atoms with van der Waals surface area (Å²) in [6.45, 7) is 1.99. The summed E-state index contributed by atoms with van der Waals surface area (Å²) in [6, 6.07) is 4.76. The molecule has 224 valence electrons. The van der Waals surface area contributed by atoms with Gasteiger partial charge in [0.1, 0.15) is 10.6 Å². The number of ether oxygens (including phenoxy) is 1. The summed E-state index contributed by atoms with van der Waals surface area (Å²) >= 11 is 0. The van der Waals surface area contributed by atoms with Gasteiger partial charge < -0.3 is 10.1 Å². The van der Waals surface area contributed by atoms with Crippen LogP contribution in [0.25, 0.3) is 0 Å². The van der Waals surface area contributed by atoms with Crippen LogP contribution in [0.3, 0.4) is 0 Å². The molecule has 14 heteroatoms. The van der Waals surface area contributed by atoms with Crippen molar-refractivity contribution in [3.8, 4) is 0 Å². The van der Waals surface area contributed by atoms with Crippen molar-refractivity contribution in [2.24, 2.45) is 11.3 Å². The van der Waals surface area contributed by atoms with Crippen molar-refractivity contribution in [3.05, 3.63) is 65.0 Å². The third kappa shape index (κ3) is 4.26. The van der Waals surface area contributed by atoms with Crippen molar-refractivity contribution in [1.29, 1.82) is 0 Å². The van der Waals surface area contributed by atoms with Gasteiger partial charge in [-0.15, -0.1) is 0 Å². The maximum absolute atomic E-state index is 14.9. The van der Waals surface area contributed by atoms with Gasteiger partial charge in [0.2, 0.25) is 5.91 Å². The maximum Gasteiger partial charge on any atom is 0.435 e. The quantitative estimate of drug-likeness (QED) is 0.350. The minimum atomic E-state index is -6.33. The first-order chi connectivity index (χ1) is 18.9. The molecule has 0 aromatic heterocycles. The molecule has 1 saturated carbocycles. The van der Waals surface area contributed by atoms with Crippen LogP contribution in [0, 0.1) is 17.2 Å². The van der Waals surface area contributed by atoms with Gasteiger partial charge >= 0.3 is 18.0 Å². The molecule has 2 aromatic rings. The minimum Gasteiger partial charge on any atom is -0.379 e. The number of hydrogen-bond acceptors (Lipinski definition) is 4. The average molecular weight is 612 g/mol. The molecule has 1 N–H and O–H groups in total. The number of amides is 1. The Labute approximate surface area is 230 Å². The van der Waals surface area contributed by atoms with Crippen molar-refractivity contribution in [3.63, 3.8) is 0 Å². The average Bonchev–Trinajstić information content (AvgIpc) is 3.25. The molecule has 5 nitrogen and oxygen atoms in total. The van der Waals surface area contributed by atoms with E-state index in [-0.39, 0.29) is 60.8 Å². The standard InChI is InChI=1S/C27H25F8NO4S/c1-23(13-40-14-23)22(37)36-21-10-11-24(41(38,39)18-6-4-17(28)5-7-18)19-9-3-16(12-15(19)2-8-20(21)24)25(29,26(30,31)32)27(33,34)35/h3-7,9,12,20-21H,2,8,10-11,13-14H2,1H3,(H,36,37)/t20-,21+,24+/m0/s1. The molecule has 1 saturated heterocycles. The van der Waals surface area contributed by atoms with E-state index in [0.29, 0.717) is 12.1 Å². The first-order valence-electron chi connectivity index (χ1n) is 12.7. The predicted molar refractivity (Wildman–Crippen MR) is 129 cm³/mol. The zero-order valence-corrected chi connectivity index (χ0v) is 22.3. The van der Waals surface area contributed by atoms with Gasteiger partial charge in [-0.05, 0) is 68.0 Å². The lowest BCUT2D eigenvalue weighted by molar-refractivity contribution is -0.348. The van der Waals surface area contributed by atoms with Crippen molar-refractivity contribution in [1.82, 2.24) is 5.32 Å². The summed E-state index contributed by atoms with van der Waals surface area (Å²) < 4.78 is 141. The molecule has 2 aliphatic carbocycles. The number of rotatable bonds is 5. The fraction of sp³-hybridized carbons (Fsp3) is 0.519. The molecule has 1 amide bonds. The third-order valence-corrected chi connectivity index (χ3v) is 11.3. The third-order valence-electron chi connectivity index (χ3n) is 8.69. The molecule has 1 heterocycles. The molecule has 0 radical (unpaired) electrons. The van der Waals surface area contributed by atoms with E-state index in [0.717, 1.165) is 30.3 Å². The van der Waals surface area contributed by atoms with Crippen LogP contribution in [0.5, 0.6) is 0 Å². The first kappa shape index (κ1) is 29.7. The van der Waals surface area contributed by atoms with Gasteiger partial charge in [0.15, 0.2) is 9.84 Å². The number of nitrogens with one attached hydrogen (secondary N) is 1. The van der Waals surface area contributed by atoms with Crippen molar-refractivity contribution in [2.45, 2.75) is 66.3 Å². The van der Waals surface area contributed by atoms with E-state index in [1.54, 1.807) is 6.92 Å². The van der Waals surface area contributed by atoms with E-state index in [2.05, 4.69) is 5.32 Å². The number of benzene rings is 2. The number of sulfone groups is 1.